The Kier molecular flexibility index (Phi) is 4.60. The van der Waals surface area contributed by atoms with E-state index in [-0.39, 0.29) is 12.3 Å². The predicted molar refractivity (Wildman–Crippen MR) is 106 cm³/mol. The van der Waals surface area contributed by atoms with Crippen LogP contribution in [-0.4, -0.2) is 17.0 Å². The van der Waals surface area contributed by atoms with E-state index in [4.69, 9.17) is 4.42 Å². The molecule has 140 valence electrons. The Hall–Kier alpha value is -2.82. The highest BCUT2D eigenvalue weighted by Gasteiger charge is 2.23. The number of hydrogen-bond acceptors (Lipinski definition) is 3. The first-order chi connectivity index (χ1) is 13.0. The molecule has 0 unspecified atom stereocenters. The number of nitrogens with zero attached hydrogens (tertiary/aromatic N) is 2. The topological polar surface area (TPSA) is 55.5 Å². The fourth-order valence-electron chi connectivity index (χ4n) is 3.80. The Morgan fingerprint density at radius 1 is 1.19 bits per heavy atom. The molecule has 0 saturated carbocycles. The molecule has 0 radical (unpaired) electrons. The van der Waals surface area contributed by atoms with Gasteiger partial charge in [-0.25, -0.2) is 4.79 Å². The van der Waals surface area contributed by atoms with Crippen LogP contribution < -0.4 is 10.7 Å². The van der Waals surface area contributed by atoms with Crippen molar-refractivity contribution in [3.05, 3.63) is 64.1 Å². The summed E-state index contributed by atoms with van der Waals surface area (Å²) in [4.78, 5) is 26.9. The summed E-state index contributed by atoms with van der Waals surface area (Å²) in [6.07, 6.45) is 2.25. The zero-order valence-electron chi connectivity index (χ0n) is 15.8. The quantitative estimate of drug-likeness (QED) is 0.701. The van der Waals surface area contributed by atoms with Crippen molar-refractivity contribution in [3.63, 3.8) is 0 Å². The summed E-state index contributed by atoms with van der Waals surface area (Å²) in [7, 11) is 0. The highest BCUT2D eigenvalue weighted by Crippen LogP contribution is 2.30. The van der Waals surface area contributed by atoms with Gasteiger partial charge in [0.1, 0.15) is 0 Å². The minimum Gasteiger partial charge on any atom is -0.408 e. The van der Waals surface area contributed by atoms with Crippen LogP contribution in [0.2, 0.25) is 0 Å². The summed E-state index contributed by atoms with van der Waals surface area (Å²) >= 11 is 0. The summed E-state index contributed by atoms with van der Waals surface area (Å²) < 4.78 is 6.79. The minimum atomic E-state index is -0.412. The van der Waals surface area contributed by atoms with E-state index in [9.17, 15) is 9.59 Å². The maximum atomic E-state index is 12.9. The van der Waals surface area contributed by atoms with Crippen molar-refractivity contribution in [1.82, 2.24) is 4.57 Å². The standard InChI is InChI=1S/C22H24N2O3/c1-15(2)16-9-10-18-17(14-16)6-5-12-23(18)21(25)11-13-24-19-7-3-4-8-20(19)27-22(24)26/h3-4,7-10,14-15H,5-6,11-13H2,1-2H3. The number of aromatic nitrogens is 1. The van der Waals surface area contributed by atoms with Gasteiger partial charge in [-0.2, -0.15) is 0 Å². The van der Waals surface area contributed by atoms with Gasteiger partial charge in [0.2, 0.25) is 5.91 Å². The Balaban J connectivity index is 1.54. The molecular weight excluding hydrogens is 340 g/mol. The molecule has 4 rings (SSSR count). The van der Waals surface area contributed by atoms with Gasteiger partial charge in [0.25, 0.3) is 0 Å². The second kappa shape index (κ2) is 7.06. The summed E-state index contributed by atoms with van der Waals surface area (Å²) in [5, 5.41) is 0. The molecule has 3 aromatic rings. The number of amides is 1. The molecule has 2 heterocycles. The van der Waals surface area contributed by atoms with Crippen molar-refractivity contribution in [2.45, 2.75) is 45.6 Å². The SMILES string of the molecule is CC(C)c1ccc2c(c1)CCCN2C(=O)CCn1c(=O)oc2ccccc21. The lowest BCUT2D eigenvalue weighted by atomic mass is 9.94. The van der Waals surface area contributed by atoms with Crippen LogP contribution in [0.15, 0.2) is 51.7 Å². The Morgan fingerprint density at radius 2 is 2.00 bits per heavy atom. The summed E-state index contributed by atoms with van der Waals surface area (Å²) in [5.41, 5.74) is 4.85. The third kappa shape index (κ3) is 3.29. The number of fused-ring (bicyclic) bond motifs is 2. The Bertz CT molecular complexity index is 1050. The van der Waals surface area contributed by atoms with Crippen LogP contribution in [0.3, 0.4) is 0 Å². The van der Waals surface area contributed by atoms with Gasteiger partial charge in [-0.3, -0.25) is 9.36 Å². The molecule has 0 N–H and O–H groups in total. The molecule has 0 spiro atoms. The molecule has 1 amide bonds. The number of para-hydroxylation sites is 2. The highest BCUT2D eigenvalue weighted by molar-refractivity contribution is 5.94. The van der Waals surface area contributed by atoms with Gasteiger partial charge >= 0.3 is 5.76 Å². The van der Waals surface area contributed by atoms with Crippen molar-refractivity contribution in [2.24, 2.45) is 0 Å². The van der Waals surface area contributed by atoms with Crippen LogP contribution in [-0.2, 0) is 17.8 Å². The molecule has 5 heteroatoms. The number of aryl methyl sites for hydroxylation is 2. The van der Waals surface area contributed by atoms with E-state index in [0.717, 1.165) is 30.6 Å². The smallest absolute Gasteiger partial charge is 0.408 e. The lowest BCUT2D eigenvalue weighted by Gasteiger charge is -2.30. The normalized spacial score (nSPS) is 14.0. The number of oxazole rings is 1. The molecule has 2 aromatic carbocycles. The Labute approximate surface area is 158 Å². The number of carbonyl (C=O) groups is 1. The third-order valence-electron chi connectivity index (χ3n) is 5.31. The van der Waals surface area contributed by atoms with Gasteiger partial charge in [-0.15, -0.1) is 0 Å². The van der Waals surface area contributed by atoms with Gasteiger partial charge in [0.15, 0.2) is 5.58 Å². The molecule has 0 fully saturated rings. The van der Waals surface area contributed by atoms with Crippen molar-refractivity contribution in [1.29, 1.82) is 0 Å². The summed E-state index contributed by atoms with van der Waals surface area (Å²) in [5.74, 6) is 0.109. The second-order valence-electron chi connectivity index (χ2n) is 7.43. The first-order valence-electron chi connectivity index (χ1n) is 9.56. The van der Waals surface area contributed by atoms with Crippen LogP contribution in [0.5, 0.6) is 0 Å². The zero-order valence-corrected chi connectivity index (χ0v) is 15.8. The molecule has 1 aliphatic rings. The lowest BCUT2D eigenvalue weighted by molar-refractivity contribution is -0.118. The molecule has 0 saturated heterocycles. The molecule has 27 heavy (non-hydrogen) atoms. The molecule has 0 bridgehead atoms. The van der Waals surface area contributed by atoms with Crippen LogP contribution in [0.4, 0.5) is 5.69 Å². The van der Waals surface area contributed by atoms with E-state index in [0.29, 0.717) is 18.0 Å². The maximum Gasteiger partial charge on any atom is 0.419 e. The van der Waals surface area contributed by atoms with Crippen LogP contribution >= 0.6 is 0 Å². The fraction of sp³-hybridized carbons (Fsp3) is 0.364. The summed E-state index contributed by atoms with van der Waals surface area (Å²) in [6.45, 7) is 5.42. The number of anilines is 1. The minimum absolute atomic E-state index is 0.0467. The van der Waals surface area contributed by atoms with Gasteiger partial charge < -0.3 is 9.32 Å². The number of benzene rings is 2. The van der Waals surface area contributed by atoms with Gasteiger partial charge in [0, 0.05) is 25.2 Å². The Morgan fingerprint density at radius 3 is 2.81 bits per heavy atom. The van der Waals surface area contributed by atoms with Gasteiger partial charge in [0.05, 0.1) is 5.52 Å². The largest absolute Gasteiger partial charge is 0.419 e. The van der Waals surface area contributed by atoms with Crippen molar-refractivity contribution >= 4 is 22.7 Å². The number of hydrogen-bond donors (Lipinski definition) is 0. The lowest BCUT2D eigenvalue weighted by Crippen LogP contribution is -2.36. The summed E-state index contributed by atoms with van der Waals surface area (Å²) in [6, 6.07) is 13.7. The number of rotatable bonds is 4. The average molecular weight is 364 g/mol. The van der Waals surface area contributed by atoms with E-state index < -0.39 is 5.76 Å². The van der Waals surface area contributed by atoms with E-state index in [1.807, 2.05) is 23.1 Å². The first kappa shape index (κ1) is 17.6. The molecule has 0 aliphatic carbocycles. The van der Waals surface area contributed by atoms with Crippen LogP contribution in [0.25, 0.3) is 11.1 Å². The molecule has 0 atom stereocenters. The molecule has 1 aliphatic heterocycles. The fourth-order valence-corrected chi connectivity index (χ4v) is 3.80. The van der Waals surface area contributed by atoms with Gasteiger partial charge in [-0.1, -0.05) is 38.1 Å². The van der Waals surface area contributed by atoms with E-state index >= 15 is 0 Å². The first-order valence-corrected chi connectivity index (χ1v) is 9.56. The zero-order chi connectivity index (χ0) is 19.0. The van der Waals surface area contributed by atoms with Gasteiger partial charge in [-0.05, 0) is 48.1 Å². The maximum absolute atomic E-state index is 12.9. The second-order valence-corrected chi connectivity index (χ2v) is 7.43. The molecule has 5 nitrogen and oxygen atoms in total. The van der Waals surface area contributed by atoms with Crippen molar-refractivity contribution in [3.8, 4) is 0 Å². The van der Waals surface area contributed by atoms with E-state index in [2.05, 4.69) is 32.0 Å². The van der Waals surface area contributed by atoms with E-state index in [1.54, 1.807) is 10.6 Å². The van der Waals surface area contributed by atoms with E-state index in [1.165, 1.54) is 11.1 Å². The monoisotopic (exact) mass is 364 g/mol. The van der Waals surface area contributed by atoms with Crippen molar-refractivity contribution < 1.29 is 9.21 Å². The third-order valence-corrected chi connectivity index (χ3v) is 5.31. The average Bonchev–Trinajstić information content (AvgIpc) is 3.00. The predicted octanol–water partition coefficient (Wildman–Crippen LogP) is 4.09. The molecular formula is C22H24N2O3. The number of carbonyl (C=O) groups excluding carboxylic acids is 1. The van der Waals surface area contributed by atoms with Crippen molar-refractivity contribution in [2.75, 3.05) is 11.4 Å². The van der Waals surface area contributed by atoms with Crippen LogP contribution in [0.1, 0.15) is 43.7 Å². The molecule has 1 aromatic heterocycles. The highest BCUT2D eigenvalue weighted by atomic mass is 16.4. The van der Waals surface area contributed by atoms with Crippen LogP contribution in [0, 0.1) is 0 Å².